The first-order valence-corrected chi connectivity index (χ1v) is 5.91. The SMILES string of the molecule is Cc1cccc(C(NN)C2CCCOC2)c1. The van der Waals surface area contributed by atoms with E-state index in [2.05, 4.69) is 36.6 Å². The molecule has 1 saturated heterocycles. The fourth-order valence-electron chi connectivity index (χ4n) is 2.40. The van der Waals surface area contributed by atoms with E-state index >= 15 is 0 Å². The summed E-state index contributed by atoms with van der Waals surface area (Å²) >= 11 is 0. The number of hydrogen-bond acceptors (Lipinski definition) is 3. The van der Waals surface area contributed by atoms with Gasteiger partial charge in [-0.05, 0) is 25.3 Å². The number of rotatable bonds is 3. The topological polar surface area (TPSA) is 47.3 Å². The maximum absolute atomic E-state index is 5.68. The predicted molar refractivity (Wildman–Crippen MR) is 64.8 cm³/mol. The standard InChI is InChI=1S/C13H20N2O/c1-10-4-2-5-11(8-10)13(15-14)12-6-3-7-16-9-12/h2,4-5,8,12-13,15H,3,6-7,9,14H2,1H3. The maximum Gasteiger partial charge on any atom is 0.0513 e. The maximum atomic E-state index is 5.68. The third-order valence-electron chi connectivity index (χ3n) is 3.25. The van der Waals surface area contributed by atoms with Crippen LogP contribution < -0.4 is 11.3 Å². The Kier molecular flexibility index (Phi) is 3.93. The lowest BCUT2D eigenvalue weighted by Crippen LogP contribution is -2.37. The summed E-state index contributed by atoms with van der Waals surface area (Å²) in [5.41, 5.74) is 5.47. The van der Waals surface area contributed by atoms with Gasteiger partial charge in [0.2, 0.25) is 0 Å². The van der Waals surface area contributed by atoms with Crippen LogP contribution in [0.2, 0.25) is 0 Å². The van der Waals surface area contributed by atoms with Crippen LogP contribution in [0.3, 0.4) is 0 Å². The first-order valence-electron chi connectivity index (χ1n) is 5.91. The number of nitrogens with one attached hydrogen (secondary N) is 1. The van der Waals surface area contributed by atoms with Crippen molar-refractivity contribution >= 4 is 0 Å². The zero-order chi connectivity index (χ0) is 11.4. The van der Waals surface area contributed by atoms with E-state index in [1.54, 1.807) is 0 Å². The Morgan fingerprint density at radius 3 is 3.00 bits per heavy atom. The Morgan fingerprint density at radius 2 is 2.38 bits per heavy atom. The summed E-state index contributed by atoms with van der Waals surface area (Å²) in [5.74, 6) is 6.17. The first-order chi connectivity index (χ1) is 7.81. The molecule has 1 aromatic carbocycles. The number of aryl methyl sites for hydroxylation is 1. The predicted octanol–water partition coefficient (Wildman–Crippen LogP) is 1.93. The molecule has 3 heteroatoms. The Balaban J connectivity index is 2.14. The molecule has 0 aliphatic carbocycles. The van der Waals surface area contributed by atoms with Crippen molar-refractivity contribution in [2.45, 2.75) is 25.8 Å². The minimum Gasteiger partial charge on any atom is -0.381 e. The van der Waals surface area contributed by atoms with Crippen LogP contribution >= 0.6 is 0 Å². The highest BCUT2D eigenvalue weighted by atomic mass is 16.5. The highest BCUT2D eigenvalue weighted by molar-refractivity contribution is 5.25. The number of benzene rings is 1. The van der Waals surface area contributed by atoms with E-state index in [4.69, 9.17) is 10.6 Å². The summed E-state index contributed by atoms with van der Waals surface area (Å²) in [7, 11) is 0. The summed E-state index contributed by atoms with van der Waals surface area (Å²) in [6, 6.07) is 8.72. The van der Waals surface area contributed by atoms with Gasteiger partial charge < -0.3 is 4.74 Å². The van der Waals surface area contributed by atoms with E-state index in [0.29, 0.717) is 5.92 Å². The molecular weight excluding hydrogens is 200 g/mol. The van der Waals surface area contributed by atoms with E-state index in [1.165, 1.54) is 17.5 Å². The van der Waals surface area contributed by atoms with Gasteiger partial charge >= 0.3 is 0 Å². The van der Waals surface area contributed by atoms with Gasteiger partial charge in [0.15, 0.2) is 0 Å². The lowest BCUT2D eigenvalue weighted by molar-refractivity contribution is 0.0390. The quantitative estimate of drug-likeness (QED) is 0.604. The average Bonchev–Trinajstić information content (AvgIpc) is 2.31. The summed E-state index contributed by atoms with van der Waals surface area (Å²) in [6.07, 6.45) is 2.32. The van der Waals surface area contributed by atoms with Crippen LogP contribution in [0.4, 0.5) is 0 Å². The zero-order valence-corrected chi connectivity index (χ0v) is 9.78. The molecule has 1 aromatic rings. The van der Waals surface area contributed by atoms with Gasteiger partial charge in [0.25, 0.3) is 0 Å². The fraction of sp³-hybridized carbons (Fsp3) is 0.538. The van der Waals surface area contributed by atoms with Crippen LogP contribution in [0.1, 0.15) is 30.0 Å². The Hall–Kier alpha value is -0.900. The van der Waals surface area contributed by atoms with E-state index in [-0.39, 0.29) is 6.04 Å². The Morgan fingerprint density at radius 1 is 1.50 bits per heavy atom. The van der Waals surface area contributed by atoms with E-state index < -0.39 is 0 Å². The Labute approximate surface area is 97.0 Å². The molecule has 16 heavy (non-hydrogen) atoms. The molecular formula is C13H20N2O. The van der Waals surface area contributed by atoms with Crippen molar-refractivity contribution in [2.24, 2.45) is 11.8 Å². The molecule has 3 N–H and O–H groups in total. The molecule has 0 amide bonds. The molecule has 3 nitrogen and oxygen atoms in total. The molecule has 1 aliphatic heterocycles. The van der Waals surface area contributed by atoms with E-state index in [9.17, 15) is 0 Å². The molecule has 2 rings (SSSR count). The first kappa shape index (κ1) is 11.6. The second-order valence-corrected chi connectivity index (χ2v) is 4.54. The summed E-state index contributed by atoms with van der Waals surface area (Å²) in [5, 5.41) is 0. The van der Waals surface area contributed by atoms with Crippen molar-refractivity contribution in [3.63, 3.8) is 0 Å². The molecule has 0 saturated carbocycles. The van der Waals surface area contributed by atoms with Gasteiger partial charge in [0, 0.05) is 12.5 Å². The summed E-state index contributed by atoms with van der Waals surface area (Å²) in [4.78, 5) is 0. The van der Waals surface area contributed by atoms with Crippen molar-refractivity contribution in [3.05, 3.63) is 35.4 Å². The molecule has 0 bridgehead atoms. The lowest BCUT2D eigenvalue weighted by Gasteiger charge is -2.30. The number of hydrazine groups is 1. The molecule has 2 atom stereocenters. The second kappa shape index (κ2) is 5.43. The van der Waals surface area contributed by atoms with Crippen LogP contribution in [0.5, 0.6) is 0 Å². The highest BCUT2D eigenvalue weighted by Gasteiger charge is 2.24. The van der Waals surface area contributed by atoms with Crippen LogP contribution in [-0.2, 0) is 4.74 Å². The third-order valence-corrected chi connectivity index (χ3v) is 3.25. The molecule has 1 aliphatic rings. The molecule has 1 heterocycles. The molecule has 1 fully saturated rings. The normalized spacial score (nSPS) is 23.0. The average molecular weight is 220 g/mol. The van der Waals surface area contributed by atoms with Crippen LogP contribution in [0.15, 0.2) is 24.3 Å². The van der Waals surface area contributed by atoms with Crippen molar-refractivity contribution in [2.75, 3.05) is 13.2 Å². The van der Waals surface area contributed by atoms with Gasteiger partial charge in [0.1, 0.15) is 0 Å². The molecule has 2 unspecified atom stereocenters. The lowest BCUT2D eigenvalue weighted by atomic mass is 9.88. The van der Waals surface area contributed by atoms with Crippen LogP contribution in [-0.4, -0.2) is 13.2 Å². The smallest absolute Gasteiger partial charge is 0.0513 e. The van der Waals surface area contributed by atoms with Crippen molar-refractivity contribution in [1.82, 2.24) is 5.43 Å². The van der Waals surface area contributed by atoms with Gasteiger partial charge in [-0.3, -0.25) is 11.3 Å². The number of ether oxygens (including phenoxy) is 1. The minimum absolute atomic E-state index is 0.209. The number of hydrogen-bond donors (Lipinski definition) is 2. The summed E-state index contributed by atoms with van der Waals surface area (Å²) in [6.45, 7) is 3.80. The Bertz CT molecular complexity index is 334. The largest absolute Gasteiger partial charge is 0.381 e. The van der Waals surface area contributed by atoms with E-state index in [0.717, 1.165) is 19.6 Å². The van der Waals surface area contributed by atoms with Crippen molar-refractivity contribution < 1.29 is 4.74 Å². The number of nitrogens with two attached hydrogens (primary N) is 1. The second-order valence-electron chi connectivity index (χ2n) is 4.54. The van der Waals surface area contributed by atoms with Crippen LogP contribution in [0.25, 0.3) is 0 Å². The molecule has 0 spiro atoms. The minimum atomic E-state index is 0.209. The van der Waals surface area contributed by atoms with Gasteiger partial charge in [-0.25, -0.2) is 0 Å². The fourth-order valence-corrected chi connectivity index (χ4v) is 2.40. The van der Waals surface area contributed by atoms with Gasteiger partial charge in [-0.2, -0.15) is 0 Å². The molecule has 0 aromatic heterocycles. The van der Waals surface area contributed by atoms with Crippen molar-refractivity contribution in [3.8, 4) is 0 Å². The summed E-state index contributed by atoms with van der Waals surface area (Å²) < 4.78 is 5.52. The van der Waals surface area contributed by atoms with Gasteiger partial charge in [-0.1, -0.05) is 29.8 Å². The van der Waals surface area contributed by atoms with Crippen LogP contribution in [0, 0.1) is 12.8 Å². The van der Waals surface area contributed by atoms with Gasteiger partial charge in [-0.15, -0.1) is 0 Å². The highest BCUT2D eigenvalue weighted by Crippen LogP contribution is 2.28. The third kappa shape index (κ3) is 2.61. The van der Waals surface area contributed by atoms with Crippen molar-refractivity contribution in [1.29, 1.82) is 0 Å². The molecule has 0 radical (unpaired) electrons. The molecule has 88 valence electrons. The van der Waals surface area contributed by atoms with Gasteiger partial charge in [0.05, 0.1) is 12.6 Å². The monoisotopic (exact) mass is 220 g/mol. The zero-order valence-electron chi connectivity index (χ0n) is 9.78. The van der Waals surface area contributed by atoms with E-state index in [1.807, 2.05) is 0 Å².